The number of rotatable bonds is 4. The second kappa shape index (κ2) is 6.93. The molecule has 3 rings (SSSR count). The van der Waals surface area contributed by atoms with Crippen LogP contribution in [0.4, 0.5) is 11.4 Å². The van der Waals surface area contributed by atoms with Gasteiger partial charge in [-0.15, -0.1) is 0 Å². The van der Waals surface area contributed by atoms with Crippen LogP contribution >= 0.6 is 11.6 Å². The molecule has 0 unspecified atom stereocenters. The highest BCUT2D eigenvalue weighted by Gasteiger charge is 2.16. The molecule has 0 saturated heterocycles. The minimum atomic E-state index is -0.172. The predicted molar refractivity (Wildman–Crippen MR) is 93.7 cm³/mol. The number of amides is 2. The summed E-state index contributed by atoms with van der Waals surface area (Å²) < 4.78 is 5.32. The van der Waals surface area contributed by atoms with E-state index in [9.17, 15) is 9.59 Å². The third kappa shape index (κ3) is 3.68. The summed E-state index contributed by atoms with van der Waals surface area (Å²) in [6.45, 7) is 1.90. The van der Waals surface area contributed by atoms with Gasteiger partial charge in [-0.25, -0.2) is 0 Å². The van der Waals surface area contributed by atoms with Gasteiger partial charge in [0, 0.05) is 17.1 Å². The molecule has 6 heteroatoms. The Morgan fingerprint density at radius 2 is 2.17 bits per heavy atom. The minimum Gasteiger partial charge on any atom is -0.482 e. The van der Waals surface area contributed by atoms with E-state index in [0.717, 1.165) is 16.8 Å². The average Bonchev–Trinajstić information content (AvgIpc) is 2.57. The molecule has 0 atom stereocenters. The maximum Gasteiger partial charge on any atom is 0.262 e. The molecule has 0 spiro atoms. The summed E-state index contributed by atoms with van der Waals surface area (Å²) in [7, 11) is 0. The first-order valence-electron chi connectivity index (χ1n) is 7.63. The number of anilines is 2. The van der Waals surface area contributed by atoms with Gasteiger partial charge in [-0.2, -0.15) is 0 Å². The fraction of sp³-hybridized carbons (Fsp3) is 0.222. The van der Waals surface area contributed by atoms with Gasteiger partial charge in [0.1, 0.15) is 5.75 Å². The van der Waals surface area contributed by atoms with E-state index in [2.05, 4.69) is 10.6 Å². The van der Waals surface area contributed by atoms with Crippen molar-refractivity contribution in [1.82, 2.24) is 0 Å². The van der Waals surface area contributed by atoms with E-state index in [1.165, 1.54) is 0 Å². The molecule has 2 aromatic rings. The molecule has 0 aliphatic carbocycles. The van der Waals surface area contributed by atoms with Crippen molar-refractivity contribution in [1.29, 1.82) is 0 Å². The van der Waals surface area contributed by atoms with Crippen LogP contribution in [-0.4, -0.2) is 18.4 Å². The fourth-order valence-electron chi connectivity index (χ4n) is 2.50. The number of nitrogens with one attached hydrogen (secondary N) is 2. The SMILES string of the molecule is Cc1c(Cl)cccc1NC(=O)CCc1ccc2c(c1)NC(=O)CO2. The number of hydrogen-bond donors (Lipinski definition) is 2. The Morgan fingerprint density at radius 1 is 1.33 bits per heavy atom. The highest BCUT2D eigenvalue weighted by Crippen LogP contribution is 2.29. The summed E-state index contributed by atoms with van der Waals surface area (Å²) in [4.78, 5) is 23.5. The topological polar surface area (TPSA) is 67.4 Å². The van der Waals surface area contributed by atoms with E-state index in [1.807, 2.05) is 31.2 Å². The molecule has 1 aliphatic rings. The minimum absolute atomic E-state index is 0.0355. The summed E-state index contributed by atoms with van der Waals surface area (Å²) in [6, 6.07) is 11.0. The first kappa shape index (κ1) is 16.3. The zero-order chi connectivity index (χ0) is 17.1. The van der Waals surface area contributed by atoms with Crippen molar-refractivity contribution in [3.8, 4) is 5.75 Å². The lowest BCUT2D eigenvalue weighted by Gasteiger charge is -2.18. The van der Waals surface area contributed by atoms with Gasteiger partial charge in [-0.1, -0.05) is 23.7 Å². The van der Waals surface area contributed by atoms with Gasteiger partial charge in [0.05, 0.1) is 5.69 Å². The number of benzene rings is 2. The van der Waals surface area contributed by atoms with E-state index >= 15 is 0 Å². The number of carbonyl (C=O) groups is 2. The Hall–Kier alpha value is -2.53. The third-order valence-electron chi connectivity index (χ3n) is 3.86. The lowest BCUT2D eigenvalue weighted by Crippen LogP contribution is -2.25. The maximum absolute atomic E-state index is 12.1. The van der Waals surface area contributed by atoms with Crippen molar-refractivity contribution in [3.05, 3.63) is 52.5 Å². The molecular weight excluding hydrogens is 328 g/mol. The largest absolute Gasteiger partial charge is 0.482 e. The maximum atomic E-state index is 12.1. The fourth-order valence-corrected chi connectivity index (χ4v) is 2.67. The Bertz CT molecular complexity index is 805. The van der Waals surface area contributed by atoms with Crippen LogP contribution in [0.3, 0.4) is 0 Å². The van der Waals surface area contributed by atoms with Crippen LogP contribution in [0.25, 0.3) is 0 Å². The summed E-state index contributed by atoms with van der Waals surface area (Å²) in [6.07, 6.45) is 0.897. The molecule has 0 bridgehead atoms. The smallest absolute Gasteiger partial charge is 0.262 e. The molecule has 24 heavy (non-hydrogen) atoms. The van der Waals surface area contributed by atoms with E-state index < -0.39 is 0 Å². The lowest BCUT2D eigenvalue weighted by atomic mass is 10.1. The molecule has 0 fully saturated rings. The first-order valence-corrected chi connectivity index (χ1v) is 8.01. The van der Waals surface area contributed by atoms with Crippen molar-refractivity contribution in [2.24, 2.45) is 0 Å². The summed E-state index contributed by atoms with van der Waals surface area (Å²) in [5.74, 6) is 0.393. The lowest BCUT2D eigenvalue weighted by molar-refractivity contribution is -0.118. The predicted octanol–water partition coefficient (Wildman–Crippen LogP) is 3.55. The van der Waals surface area contributed by atoms with Gasteiger partial charge < -0.3 is 15.4 Å². The Morgan fingerprint density at radius 3 is 3.00 bits per heavy atom. The highest BCUT2D eigenvalue weighted by atomic mass is 35.5. The number of aryl methyl sites for hydroxylation is 1. The molecule has 2 N–H and O–H groups in total. The van der Waals surface area contributed by atoms with Crippen molar-refractivity contribution in [2.75, 3.05) is 17.2 Å². The molecule has 1 heterocycles. The molecule has 2 aromatic carbocycles. The van der Waals surface area contributed by atoms with Crippen LogP contribution in [0.1, 0.15) is 17.5 Å². The molecule has 2 amide bonds. The van der Waals surface area contributed by atoms with Crippen molar-refractivity contribution >= 4 is 34.8 Å². The zero-order valence-electron chi connectivity index (χ0n) is 13.2. The van der Waals surface area contributed by atoms with E-state index in [4.69, 9.17) is 16.3 Å². The summed E-state index contributed by atoms with van der Waals surface area (Å²) in [5, 5.41) is 6.26. The molecule has 1 aliphatic heterocycles. The number of ether oxygens (including phenoxy) is 1. The average molecular weight is 345 g/mol. The molecule has 0 radical (unpaired) electrons. The normalized spacial score (nSPS) is 12.8. The van der Waals surface area contributed by atoms with Crippen molar-refractivity contribution in [3.63, 3.8) is 0 Å². The number of fused-ring (bicyclic) bond motifs is 1. The second-order valence-corrected chi connectivity index (χ2v) is 6.04. The molecule has 124 valence electrons. The monoisotopic (exact) mass is 344 g/mol. The van der Waals surface area contributed by atoms with E-state index in [0.29, 0.717) is 29.3 Å². The summed E-state index contributed by atoms with van der Waals surface area (Å²) >= 11 is 6.05. The van der Waals surface area contributed by atoms with E-state index in [-0.39, 0.29) is 18.4 Å². The Balaban J connectivity index is 1.61. The third-order valence-corrected chi connectivity index (χ3v) is 4.27. The second-order valence-electron chi connectivity index (χ2n) is 5.63. The van der Waals surface area contributed by atoms with Gasteiger partial charge in [-0.3, -0.25) is 9.59 Å². The number of carbonyl (C=O) groups excluding carboxylic acids is 2. The van der Waals surface area contributed by atoms with Crippen LogP contribution in [0.5, 0.6) is 5.75 Å². The van der Waals surface area contributed by atoms with Gasteiger partial charge >= 0.3 is 0 Å². The summed E-state index contributed by atoms with van der Waals surface area (Å²) in [5.41, 5.74) is 3.17. The number of halogens is 1. The van der Waals surface area contributed by atoms with Gasteiger partial charge in [0.2, 0.25) is 5.91 Å². The molecule has 0 aromatic heterocycles. The van der Waals surface area contributed by atoms with Crippen LogP contribution in [0.15, 0.2) is 36.4 Å². The van der Waals surface area contributed by atoms with Crippen LogP contribution in [0.2, 0.25) is 5.02 Å². The van der Waals surface area contributed by atoms with Gasteiger partial charge in [0.15, 0.2) is 6.61 Å². The number of hydrogen-bond acceptors (Lipinski definition) is 3. The zero-order valence-corrected chi connectivity index (χ0v) is 13.9. The first-order chi connectivity index (χ1) is 11.5. The quantitative estimate of drug-likeness (QED) is 0.891. The van der Waals surface area contributed by atoms with Crippen LogP contribution in [-0.2, 0) is 16.0 Å². The highest BCUT2D eigenvalue weighted by molar-refractivity contribution is 6.31. The van der Waals surface area contributed by atoms with Crippen LogP contribution < -0.4 is 15.4 Å². The van der Waals surface area contributed by atoms with Gasteiger partial charge in [0.25, 0.3) is 5.91 Å². The Kier molecular flexibility index (Phi) is 4.71. The standard InChI is InChI=1S/C18H17ClN2O3/c1-11-13(19)3-2-4-14(11)20-17(22)8-6-12-5-7-16-15(9-12)21-18(23)10-24-16/h2-5,7,9H,6,8,10H2,1H3,(H,20,22)(H,21,23). The van der Waals surface area contributed by atoms with Crippen LogP contribution in [0, 0.1) is 6.92 Å². The molecule has 0 saturated carbocycles. The molecule has 5 nitrogen and oxygen atoms in total. The molecular formula is C18H17ClN2O3. The Labute approximate surface area is 145 Å². The van der Waals surface area contributed by atoms with Gasteiger partial charge in [-0.05, 0) is 48.7 Å². The van der Waals surface area contributed by atoms with E-state index in [1.54, 1.807) is 12.1 Å². The van der Waals surface area contributed by atoms with Crippen molar-refractivity contribution < 1.29 is 14.3 Å². The van der Waals surface area contributed by atoms with Crippen molar-refractivity contribution in [2.45, 2.75) is 19.8 Å².